The van der Waals surface area contributed by atoms with Gasteiger partial charge in [0.2, 0.25) is 0 Å². The molecule has 3 unspecified atom stereocenters. The van der Waals surface area contributed by atoms with Crippen molar-refractivity contribution in [2.24, 2.45) is 23.2 Å². The summed E-state index contributed by atoms with van der Waals surface area (Å²) in [5, 5.41) is 0. The van der Waals surface area contributed by atoms with E-state index in [-0.39, 0.29) is 0 Å². The molecule has 2 saturated heterocycles. The molecule has 19 heavy (non-hydrogen) atoms. The summed E-state index contributed by atoms with van der Waals surface area (Å²) in [5.41, 5.74) is 0.680. The van der Waals surface area contributed by atoms with Crippen molar-refractivity contribution in [3.63, 3.8) is 0 Å². The van der Waals surface area contributed by atoms with E-state index in [0.717, 1.165) is 41.9 Å². The lowest BCUT2D eigenvalue weighted by molar-refractivity contribution is -0.0998. The third-order valence-electron chi connectivity index (χ3n) is 8.30. The quantitative estimate of drug-likeness (QED) is 0.532. The van der Waals surface area contributed by atoms with E-state index in [1.165, 1.54) is 0 Å². The van der Waals surface area contributed by atoms with Crippen molar-refractivity contribution in [2.75, 3.05) is 0 Å². The fourth-order valence-electron chi connectivity index (χ4n) is 7.12. The molecule has 0 aromatic heterocycles. The second kappa shape index (κ2) is 4.28. The van der Waals surface area contributed by atoms with E-state index >= 15 is 0 Å². The number of rotatable bonds is 1. The summed E-state index contributed by atoms with van der Waals surface area (Å²) in [6.45, 7) is 8.87. The van der Waals surface area contributed by atoms with Gasteiger partial charge in [-0.2, -0.15) is 0 Å². The Morgan fingerprint density at radius 1 is 0.895 bits per heavy atom. The first-order chi connectivity index (χ1) is 9.09. The second-order valence-corrected chi connectivity index (χ2v) is 9.08. The summed E-state index contributed by atoms with van der Waals surface area (Å²) in [5.74, 6) is 6.50. The third kappa shape index (κ3) is 1.72. The molecule has 2 aliphatic heterocycles. The molecular formula is C18H31B. The first-order valence-corrected chi connectivity index (χ1v) is 9.09. The lowest BCUT2D eigenvalue weighted by Crippen LogP contribution is -2.57. The molecule has 0 N–H and O–H groups in total. The van der Waals surface area contributed by atoms with Gasteiger partial charge in [-0.1, -0.05) is 83.2 Å². The van der Waals surface area contributed by atoms with E-state index in [1.807, 2.05) is 0 Å². The van der Waals surface area contributed by atoms with Gasteiger partial charge in [0.15, 0.2) is 0 Å². The van der Waals surface area contributed by atoms with E-state index in [2.05, 4.69) is 20.8 Å². The van der Waals surface area contributed by atoms with Crippen LogP contribution in [0.1, 0.15) is 72.1 Å². The van der Waals surface area contributed by atoms with Crippen molar-refractivity contribution in [2.45, 2.75) is 89.6 Å². The summed E-state index contributed by atoms with van der Waals surface area (Å²) in [7, 11) is 0. The van der Waals surface area contributed by atoms with Crippen molar-refractivity contribution in [3.8, 4) is 0 Å². The van der Waals surface area contributed by atoms with Gasteiger partial charge in [0.1, 0.15) is 6.71 Å². The van der Waals surface area contributed by atoms with Crippen LogP contribution in [0.3, 0.4) is 0 Å². The van der Waals surface area contributed by atoms with Crippen LogP contribution >= 0.6 is 0 Å². The highest BCUT2D eigenvalue weighted by Crippen LogP contribution is 2.67. The molecule has 0 nitrogen and oxygen atoms in total. The van der Waals surface area contributed by atoms with Crippen LogP contribution in [0.25, 0.3) is 0 Å². The summed E-state index contributed by atoms with van der Waals surface area (Å²) in [6, 6.07) is 0. The van der Waals surface area contributed by atoms with Crippen LogP contribution in [0, 0.1) is 23.2 Å². The van der Waals surface area contributed by atoms with E-state index in [4.69, 9.17) is 0 Å². The zero-order chi connectivity index (χ0) is 13.2. The standard InChI is InChI=1S/C18H31B/c1-12-16-10-13(18(16,2)3)11-17(12)19-14-6-4-7-15(19)9-5-8-14/h12-17H,4-11H2,1-3H3/t12?,13?,14?,15?,16-,17?/m1/s1. The Balaban J connectivity index is 1.57. The van der Waals surface area contributed by atoms with Crippen molar-refractivity contribution >= 4 is 6.71 Å². The zero-order valence-electron chi connectivity index (χ0n) is 13.2. The van der Waals surface area contributed by atoms with E-state index in [1.54, 1.807) is 51.4 Å². The van der Waals surface area contributed by atoms with Crippen LogP contribution in [0.2, 0.25) is 17.5 Å². The molecule has 3 aliphatic carbocycles. The third-order valence-corrected chi connectivity index (χ3v) is 8.30. The molecule has 2 heterocycles. The molecule has 0 spiro atoms. The molecule has 5 fully saturated rings. The Bertz CT molecular complexity index is 339. The van der Waals surface area contributed by atoms with Crippen molar-refractivity contribution in [1.29, 1.82) is 0 Å². The minimum atomic E-state index is 0.680. The molecule has 0 aromatic rings. The average molecular weight is 258 g/mol. The van der Waals surface area contributed by atoms with E-state index in [9.17, 15) is 0 Å². The van der Waals surface area contributed by atoms with Gasteiger partial charge in [0.25, 0.3) is 0 Å². The van der Waals surface area contributed by atoms with Crippen LogP contribution in [-0.2, 0) is 0 Å². The minimum Gasteiger partial charge on any atom is -0.0626 e. The highest BCUT2D eigenvalue weighted by molar-refractivity contribution is 6.64. The Morgan fingerprint density at radius 3 is 1.95 bits per heavy atom. The van der Waals surface area contributed by atoms with Gasteiger partial charge < -0.3 is 0 Å². The minimum absolute atomic E-state index is 0.680. The maximum atomic E-state index is 2.62. The van der Waals surface area contributed by atoms with Crippen molar-refractivity contribution in [1.82, 2.24) is 0 Å². The normalized spacial score (nSPS) is 51.6. The van der Waals surface area contributed by atoms with Crippen molar-refractivity contribution in [3.05, 3.63) is 0 Å². The average Bonchev–Trinajstić information content (AvgIpc) is 2.37. The Hall–Kier alpha value is 0.0649. The summed E-state index contributed by atoms with van der Waals surface area (Å²) < 4.78 is 0. The lowest BCUT2D eigenvalue weighted by Gasteiger charge is -2.64. The topological polar surface area (TPSA) is 0 Å². The SMILES string of the molecule is CC1C(B2C3CCCC2CCC3)CC2C[C@H]1C2(C)C. The van der Waals surface area contributed by atoms with E-state index in [0.29, 0.717) is 5.41 Å². The molecular weight excluding hydrogens is 227 g/mol. The van der Waals surface area contributed by atoms with Crippen LogP contribution in [0.4, 0.5) is 0 Å². The van der Waals surface area contributed by atoms with Gasteiger partial charge >= 0.3 is 0 Å². The maximum absolute atomic E-state index is 2.62. The molecule has 0 aromatic carbocycles. The predicted molar refractivity (Wildman–Crippen MR) is 83.9 cm³/mol. The van der Waals surface area contributed by atoms with Gasteiger partial charge in [-0.3, -0.25) is 0 Å². The molecule has 5 rings (SSSR count). The van der Waals surface area contributed by atoms with Crippen molar-refractivity contribution < 1.29 is 0 Å². The fraction of sp³-hybridized carbons (Fsp3) is 1.00. The first kappa shape index (κ1) is 12.8. The second-order valence-electron chi connectivity index (χ2n) is 9.08. The summed E-state index contributed by atoms with van der Waals surface area (Å²) in [4.78, 5) is 0. The maximum Gasteiger partial charge on any atom is 0.149 e. The Morgan fingerprint density at radius 2 is 1.47 bits per heavy atom. The van der Waals surface area contributed by atoms with Gasteiger partial charge in [-0.05, 0) is 29.6 Å². The molecule has 0 radical (unpaired) electrons. The van der Waals surface area contributed by atoms with Gasteiger partial charge in [0, 0.05) is 0 Å². The molecule has 4 bridgehead atoms. The van der Waals surface area contributed by atoms with Crippen LogP contribution in [-0.4, -0.2) is 6.71 Å². The number of hydrogen-bond donors (Lipinski definition) is 0. The summed E-state index contributed by atoms with van der Waals surface area (Å²) >= 11 is 0. The van der Waals surface area contributed by atoms with Gasteiger partial charge in [0.05, 0.1) is 0 Å². The van der Waals surface area contributed by atoms with Crippen LogP contribution in [0.15, 0.2) is 0 Å². The molecule has 4 atom stereocenters. The molecule has 1 heteroatoms. The van der Waals surface area contributed by atoms with Crippen LogP contribution in [0.5, 0.6) is 0 Å². The smallest absolute Gasteiger partial charge is 0.0626 e. The van der Waals surface area contributed by atoms with Crippen LogP contribution < -0.4 is 0 Å². The molecule has 3 saturated carbocycles. The van der Waals surface area contributed by atoms with E-state index < -0.39 is 0 Å². The Labute approximate surface area is 120 Å². The van der Waals surface area contributed by atoms with Gasteiger partial charge in [-0.15, -0.1) is 0 Å². The molecule has 0 amide bonds. The first-order valence-electron chi connectivity index (χ1n) is 9.09. The largest absolute Gasteiger partial charge is 0.149 e. The fourth-order valence-corrected chi connectivity index (χ4v) is 7.12. The highest BCUT2D eigenvalue weighted by atomic mass is 14.6. The predicted octanol–water partition coefficient (Wildman–Crippen LogP) is 5.66. The lowest BCUT2D eigenvalue weighted by atomic mass is 9.18. The number of hydrogen-bond acceptors (Lipinski definition) is 0. The highest BCUT2D eigenvalue weighted by Gasteiger charge is 2.59. The monoisotopic (exact) mass is 258 g/mol. The number of fused-ring (bicyclic) bond motifs is 5. The van der Waals surface area contributed by atoms with Gasteiger partial charge in [-0.25, -0.2) is 0 Å². The molecule has 5 aliphatic rings. The summed E-state index contributed by atoms with van der Waals surface area (Å²) in [6.07, 6.45) is 12.5. The Kier molecular flexibility index (Phi) is 2.88. The zero-order valence-corrected chi connectivity index (χ0v) is 13.2. The molecule has 106 valence electrons.